The van der Waals surface area contributed by atoms with E-state index in [1.807, 2.05) is 27.7 Å². The highest BCUT2D eigenvalue weighted by Crippen LogP contribution is 2.11. The van der Waals surface area contributed by atoms with Crippen molar-refractivity contribution in [3.05, 3.63) is 29.8 Å². The Morgan fingerprint density at radius 2 is 1.27 bits per heavy atom. The second-order valence-electron chi connectivity index (χ2n) is 2.91. The van der Waals surface area contributed by atoms with Gasteiger partial charge in [0.05, 0.1) is 0 Å². The summed E-state index contributed by atoms with van der Waals surface area (Å²) in [5, 5.41) is 0. The Kier molecular flexibility index (Phi) is 12.2. The van der Waals surface area contributed by atoms with Crippen LogP contribution in [0.5, 0.6) is 0 Å². The normalized spacial score (nSPS) is 7.93. The molecule has 0 aliphatic heterocycles. The van der Waals surface area contributed by atoms with Gasteiger partial charge in [0.25, 0.3) is 0 Å². The van der Waals surface area contributed by atoms with E-state index in [9.17, 15) is 0 Å². The first-order chi connectivity index (χ1) is 7.24. The molecule has 0 amide bonds. The smallest absolute Gasteiger partial charge is 0.0361 e. The summed E-state index contributed by atoms with van der Waals surface area (Å²) >= 11 is 0. The number of hydrogen-bond acceptors (Lipinski definition) is 1. The molecular weight excluding hydrogens is 182 g/mol. The van der Waals surface area contributed by atoms with Gasteiger partial charge in [-0.05, 0) is 24.1 Å². The average Bonchev–Trinajstić information content (AvgIpc) is 2.34. The summed E-state index contributed by atoms with van der Waals surface area (Å²) in [4.78, 5) is 2.11. The van der Waals surface area contributed by atoms with E-state index in [4.69, 9.17) is 0 Å². The Hall–Kier alpha value is -0.980. The standard InChI is InChI=1S/C10H15N.2C2H6/c1-4-9-5-7-10(8-6-9)11(2)3;2*1-2/h5-8H,4H2,1-3H3;2*1-2H3. The minimum absolute atomic E-state index is 1.12. The molecule has 0 atom stereocenters. The van der Waals surface area contributed by atoms with Crippen molar-refractivity contribution in [3.8, 4) is 0 Å². The van der Waals surface area contributed by atoms with Gasteiger partial charge in [0.1, 0.15) is 0 Å². The summed E-state index contributed by atoms with van der Waals surface area (Å²) in [6.45, 7) is 10.2. The number of nitrogens with zero attached hydrogens (tertiary/aromatic N) is 1. The number of hydrogen-bond donors (Lipinski definition) is 0. The molecule has 0 unspecified atom stereocenters. The summed E-state index contributed by atoms with van der Waals surface area (Å²) in [6, 6.07) is 8.66. The third kappa shape index (κ3) is 7.01. The molecule has 88 valence electrons. The third-order valence-electron chi connectivity index (χ3n) is 1.86. The fourth-order valence-electron chi connectivity index (χ4n) is 1.03. The molecule has 0 aliphatic carbocycles. The first-order valence-corrected chi connectivity index (χ1v) is 6.00. The second kappa shape index (κ2) is 11.1. The van der Waals surface area contributed by atoms with Gasteiger partial charge in [-0.25, -0.2) is 0 Å². The Bertz CT molecular complexity index is 211. The van der Waals surface area contributed by atoms with E-state index in [0.717, 1.165) is 6.42 Å². The van der Waals surface area contributed by atoms with Crippen LogP contribution < -0.4 is 4.90 Å². The highest BCUT2D eigenvalue weighted by Gasteiger charge is 1.92. The van der Waals surface area contributed by atoms with Crippen LogP contribution >= 0.6 is 0 Å². The van der Waals surface area contributed by atoms with Crippen LogP contribution in [0.3, 0.4) is 0 Å². The van der Waals surface area contributed by atoms with Gasteiger partial charge in [0.2, 0.25) is 0 Å². The topological polar surface area (TPSA) is 3.24 Å². The molecule has 0 aliphatic rings. The van der Waals surface area contributed by atoms with Crippen LogP contribution in [0.25, 0.3) is 0 Å². The van der Waals surface area contributed by atoms with E-state index in [-0.39, 0.29) is 0 Å². The molecular formula is C14H27N. The summed E-state index contributed by atoms with van der Waals surface area (Å²) in [5.41, 5.74) is 2.66. The van der Waals surface area contributed by atoms with E-state index < -0.39 is 0 Å². The monoisotopic (exact) mass is 209 g/mol. The van der Waals surface area contributed by atoms with Crippen LogP contribution in [-0.2, 0) is 6.42 Å². The maximum atomic E-state index is 2.18. The van der Waals surface area contributed by atoms with Crippen LogP contribution in [0.15, 0.2) is 24.3 Å². The van der Waals surface area contributed by atoms with Crippen molar-refractivity contribution < 1.29 is 0 Å². The van der Waals surface area contributed by atoms with Gasteiger partial charge >= 0.3 is 0 Å². The molecule has 0 heterocycles. The maximum absolute atomic E-state index is 2.18. The highest BCUT2D eigenvalue weighted by atomic mass is 15.1. The van der Waals surface area contributed by atoms with Gasteiger partial charge in [-0.1, -0.05) is 46.8 Å². The first kappa shape index (κ1) is 16.4. The van der Waals surface area contributed by atoms with Gasteiger partial charge in [-0.2, -0.15) is 0 Å². The lowest BCUT2D eigenvalue weighted by Crippen LogP contribution is -2.08. The highest BCUT2D eigenvalue weighted by molar-refractivity contribution is 5.45. The van der Waals surface area contributed by atoms with Crippen molar-refractivity contribution in [1.82, 2.24) is 0 Å². The van der Waals surface area contributed by atoms with Crippen LogP contribution in [0, 0.1) is 0 Å². The molecule has 1 rings (SSSR count). The zero-order valence-electron chi connectivity index (χ0n) is 11.5. The van der Waals surface area contributed by atoms with E-state index in [1.165, 1.54) is 11.3 Å². The maximum Gasteiger partial charge on any atom is 0.0361 e. The molecule has 0 N–H and O–H groups in total. The number of aryl methyl sites for hydroxylation is 1. The van der Waals surface area contributed by atoms with Crippen molar-refractivity contribution in [2.75, 3.05) is 19.0 Å². The van der Waals surface area contributed by atoms with Crippen molar-refractivity contribution in [3.63, 3.8) is 0 Å². The predicted molar refractivity (Wildman–Crippen MR) is 72.8 cm³/mol. The molecule has 0 aromatic heterocycles. The fourth-order valence-corrected chi connectivity index (χ4v) is 1.03. The average molecular weight is 209 g/mol. The van der Waals surface area contributed by atoms with Gasteiger partial charge in [-0.3, -0.25) is 0 Å². The van der Waals surface area contributed by atoms with Gasteiger partial charge in [0, 0.05) is 19.8 Å². The largest absolute Gasteiger partial charge is 0.378 e. The molecule has 1 nitrogen and oxygen atoms in total. The Balaban J connectivity index is 0. The van der Waals surface area contributed by atoms with E-state index >= 15 is 0 Å². The minimum atomic E-state index is 1.12. The SMILES string of the molecule is CC.CC.CCc1ccc(N(C)C)cc1. The second-order valence-corrected chi connectivity index (χ2v) is 2.91. The van der Waals surface area contributed by atoms with Gasteiger partial charge < -0.3 is 4.90 Å². The van der Waals surface area contributed by atoms with Crippen molar-refractivity contribution in [1.29, 1.82) is 0 Å². The lowest BCUT2D eigenvalue weighted by Gasteiger charge is -2.11. The molecule has 0 fully saturated rings. The lowest BCUT2D eigenvalue weighted by molar-refractivity contribution is 1.11. The molecule has 0 saturated heterocycles. The van der Waals surface area contributed by atoms with E-state index in [1.54, 1.807) is 0 Å². The molecule has 1 heteroatoms. The summed E-state index contributed by atoms with van der Waals surface area (Å²) in [7, 11) is 4.11. The van der Waals surface area contributed by atoms with E-state index in [0.29, 0.717) is 0 Å². The molecule has 0 spiro atoms. The Morgan fingerprint density at radius 1 is 0.867 bits per heavy atom. The minimum Gasteiger partial charge on any atom is -0.378 e. The van der Waals surface area contributed by atoms with E-state index in [2.05, 4.69) is 50.2 Å². The zero-order chi connectivity index (χ0) is 12.3. The van der Waals surface area contributed by atoms with Crippen molar-refractivity contribution in [2.45, 2.75) is 41.0 Å². The number of rotatable bonds is 2. The zero-order valence-corrected chi connectivity index (χ0v) is 11.5. The number of anilines is 1. The molecule has 1 aromatic carbocycles. The van der Waals surface area contributed by atoms with Crippen LogP contribution in [0.1, 0.15) is 40.2 Å². The van der Waals surface area contributed by atoms with Crippen LogP contribution in [-0.4, -0.2) is 14.1 Å². The van der Waals surface area contributed by atoms with Crippen molar-refractivity contribution in [2.24, 2.45) is 0 Å². The molecule has 0 radical (unpaired) electrons. The Morgan fingerprint density at radius 3 is 1.53 bits per heavy atom. The van der Waals surface area contributed by atoms with Crippen molar-refractivity contribution >= 4 is 5.69 Å². The van der Waals surface area contributed by atoms with Crippen LogP contribution in [0.4, 0.5) is 5.69 Å². The first-order valence-electron chi connectivity index (χ1n) is 6.00. The summed E-state index contributed by atoms with van der Waals surface area (Å²) in [6.07, 6.45) is 1.12. The summed E-state index contributed by atoms with van der Waals surface area (Å²) < 4.78 is 0. The Labute approximate surface area is 96.1 Å². The van der Waals surface area contributed by atoms with Gasteiger partial charge in [0.15, 0.2) is 0 Å². The quantitative estimate of drug-likeness (QED) is 0.699. The molecule has 0 saturated carbocycles. The lowest BCUT2D eigenvalue weighted by atomic mass is 10.1. The fraction of sp³-hybridized carbons (Fsp3) is 0.571. The number of benzene rings is 1. The van der Waals surface area contributed by atoms with Gasteiger partial charge in [-0.15, -0.1) is 0 Å². The van der Waals surface area contributed by atoms with Crippen LogP contribution in [0.2, 0.25) is 0 Å². The molecule has 15 heavy (non-hydrogen) atoms. The predicted octanol–water partition coefficient (Wildman–Crippen LogP) is 4.37. The molecule has 1 aromatic rings. The third-order valence-corrected chi connectivity index (χ3v) is 1.86. The molecule has 0 bridgehead atoms. The summed E-state index contributed by atoms with van der Waals surface area (Å²) in [5.74, 6) is 0.